The molecule has 0 aliphatic heterocycles. The van der Waals surface area contributed by atoms with E-state index in [1.165, 1.54) is 6.08 Å². The molecule has 0 spiro atoms. The molecule has 2 nitrogen and oxygen atoms in total. The second kappa shape index (κ2) is 4.24. The molecule has 74 valence electrons. The van der Waals surface area contributed by atoms with Crippen LogP contribution in [0.1, 0.15) is 5.56 Å². The van der Waals surface area contributed by atoms with Crippen molar-refractivity contribution in [3.05, 3.63) is 47.1 Å². The third-order valence-corrected chi connectivity index (χ3v) is 2.26. The summed E-state index contributed by atoms with van der Waals surface area (Å²) in [5, 5.41) is 1.49. The molecule has 0 atom stereocenters. The lowest BCUT2D eigenvalue weighted by Gasteiger charge is -1.99. The molecule has 2 aromatic rings. The third-order valence-electron chi connectivity index (χ3n) is 2.05. The van der Waals surface area contributed by atoms with Gasteiger partial charge in [-0.1, -0.05) is 23.7 Å². The summed E-state index contributed by atoms with van der Waals surface area (Å²) in [5.41, 5.74) is 1.82. The lowest BCUT2D eigenvalue weighted by atomic mass is 10.1. The predicted octanol–water partition coefficient (Wildman–Crippen LogP) is 3.10. The second-order valence-electron chi connectivity index (χ2n) is 3.08. The van der Waals surface area contributed by atoms with Gasteiger partial charge in [-0.25, -0.2) is 4.98 Å². The summed E-state index contributed by atoms with van der Waals surface area (Å²) < 4.78 is 0. The average Bonchev–Trinajstić information content (AvgIpc) is 2.26. The number of allylic oxidation sites excluding steroid dienone is 1. The van der Waals surface area contributed by atoms with E-state index in [1.807, 2.05) is 24.3 Å². The molecular weight excluding hydrogens is 210 g/mol. The normalized spacial score (nSPS) is 11.0. The monoisotopic (exact) mass is 217 g/mol. The van der Waals surface area contributed by atoms with Crippen LogP contribution in [-0.4, -0.2) is 11.3 Å². The van der Waals surface area contributed by atoms with Crippen LogP contribution in [0.3, 0.4) is 0 Å². The second-order valence-corrected chi connectivity index (χ2v) is 3.47. The summed E-state index contributed by atoms with van der Waals surface area (Å²) in [6, 6.07) is 9.38. The molecule has 0 bridgehead atoms. The van der Waals surface area contributed by atoms with Crippen LogP contribution < -0.4 is 0 Å². The van der Waals surface area contributed by atoms with Crippen molar-refractivity contribution >= 4 is 34.9 Å². The Labute approximate surface area is 92.2 Å². The van der Waals surface area contributed by atoms with E-state index in [9.17, 15) is 4.79 Å². The molecule has 0 N–H and O–H groups in total. The summed E-state index contributed by atoms with van der Waals surface area (Å²) in [7, 11) is 0. The number of carbonyl (C=O) groups is 1. The van der Waals surface area contributed by atoms with E-state index in [1.54, 1.807) is 12.1 Å². The van der Waals surface area contributed by atoms with Crippen molar-refractivity contribution in [3.8, 4) is 0 Å². The first-order valence-corrected chi connectivity index (χ1v) is 4.85. The zero-order valence-electron chi connectivity index (χ0n) is 7.85. The summed E-state index contributed by atoms with van der Waals surface area (Å²) in [6.45, 7) is 0. The Kier molecular flexibility index (Phi) is 2.79. The Morgan fingerprint density at radius 2 is 2.07 bits per heavy atom. The number of rotatable bonds is 2. The minimum Gasteiger partial charge on any atom is -0.299 e. The van der Waals surface area contributed by atoms with Gasteiger partial charge >= 0.3 is 0 Å². The molecule has 15 heavy (non-hydrogen) atoms. The van der Waals surface area contributed by atoms with Crippen molar-refractivity contribution in [3.63, 3.8) is 0 Å². The predicted molar refractivity (Wildman–Crippen MR) is 61.9 cm³/mol. The van der Waals surface area contributed by atoms with E-state index in [0.717, 1.165) is 22.8 Å². The highest BCUT2D eigenvalue weighted by Gasteiger charge is 1.96. The summed E-state index contributed by atoms with van der Waals surface area (Å²) in [6.07, 6.45) is 3.97. The maximum atomic E-state index is 10.2. The van der Waals surface area contributed by atoms with E-state index >= 15 is 0 Å². The number of hydrogen-bond donors (Lipinski definition) is 0. The molecule has 2 rings (SSSR count). The number of pyridine rings is 1. The van der Waals surface area contributed by atoms with Crippen molar-refractivity contribution in [2.45, 2.75) is 0 Å². The Hall–Kier alpha value is -1.67. The molecule has 0 saturated heterocycles. The van der Waals surface area contributed by atoms with Crippen LogP contribution in [0.25, 0.3) is 17.0 Å². The summed E-state index contributed by atoms with van der Waals surface area (Å²) in [5.74, 6) is 0. The van der Waals surface area contributed by atoms with Crippen molar-refractivity contribution < 1.29 is 4.79 Å². The molecule has 0 radical (unpaired) electrons. The number of aldehydes is 1. The SMILES string of the molecule is O=CC=Cc1ccc2nc(Cl)ccc2c1. The molecule has 0 unspecified atom stereocenters. The minimum atomic E-state index is 0.485. The third kappa shape index (κ3) is 2.22. The summed E-state index contributed by atoms with van der Waals surface area (Å²) in [4.78, 5) is 14.3. The van der Waals surface area contributed by atoms with Crippen LogP contribution >= 0.6 is 11.6 Å². The standard InChI is InChI=1S/C12H8ClNO/c13-12-6-4-10-8-9(2-1-7-15)3-5-11(10)14-12/h1-8H. The molecule has 0 amide bonds. The fraction of sp³-hybridized carbons (Fsp3) is 0. The lowest BCUT2D eigenvalue weighted by molar-refractivity contribution is -0.104. The van der Waals surface area contributed by atoms with Crippen LogP contribution in [0.15, 0.2) is 36.4 Å². The number of fused-ring (bicyclic) bond motifs is 1. The maximum Gasteiger partial charge on any atom is 0.142 e. The molecule has 3 heteroatoms. The van der Waals surface area contributed by atoms with Gasteiger partial charge in [0.25, 0.3) is 0 Å². The van der Waals surface area contributed by atoms with Gasteiger partial charge in [0.05, 0.1) is 5.52 Å². The van der Waals surface area contributed by atoms with Crippen molar-refractivity contribution in [2.75, 3.05) is 0 Å². The zero-order valence-corrected chi connectivity index (χ0v) is 8.61. The van der Waals surface area contributed by atoms with Gasteiger partial charge in [0.15, 0.2) is 0 Å². The molecule has 0 aliphatic carbocycles. The quantitative estimate of drug-likeness (QED) is 0.440. The van der Waals surface area contributed by atoms with E-state index in [0.29, 0.717) is 5.15 Å². The average molecular weight is 218 g/mol. The zero-order chi connectivity index (χ0) is 10.7. The fourth-order valence-corrected chi connectivity index (χ4v) is 1.53. The van der Waals surface area contributed by atoms with Gasteiger partial charge in [0, 0.05) is 5.39 Å². The molecule has 0 saturated carbocycles. The first-order chi connectivity index (χ1) is 7.29. The van der Waals surface area contributed by atoms with Crippen LogP contribution in [-0.2, 0) is 4.79 Å². The van der Waals surface area contributed by atoms with Gasteiger partial charge in [-0.2, -0.15) is 0 Å². The first-order valence-electron chi connectivity index (χ1n) is 4.48. The van der Waals surface area contributed by atoms with Crippen LogP contribution in [0.2, 0.25) is 5.15 Å². The van der Waals surface area contributed by atoms with Gasteiger partial charge in [-0.15, -0.1) is 0 Å². The minimum absolute atomic E-state index is 0.485. The highest BCUT2D eigenvalue weighted by molar-refractivity contribution is 6.29. The number of hydrogen-bond acceptors (Lipinski definition) is 2. The number of halogens is 1. The lowest BCUT2D eigenvalue weighted by Crippen LogP contribution is -1.80. The highest BCUT2D eigenvalue weighted by atomic mass is 35.5. The smallest absolute Gasteiger partial charge is 0.142 e. The summed E-state index contributed by atoms with van der Waals surface area (Å²) >= 11 is 5.77. The van der Waals surface area contributed by atoms with Crippen LogP contribution in [0, 0.1) is 0 Å². The number of aromatic nitrogens is 1. The fourth-order valence-electron chi connectivity index (χ4n) is 1.37. The largest absolute Gasteiger partial charge is 0.299 e. The van der Waals surface area contributed by atoms with Gasteiger partial charge in [0.1, 0.15) is 11.4 Å². The van der Waals surface area contributed by atoms with Crippen LogP contribution in [0.5, 0.6) is 0 Å². The number of benzene rings is 1. The van der Waals surface area contributed by atoms with E-state index < -0.39 is 0 Å². The van der Waals surface area contributed by atoms with Gasteiger partial charge in [0.2, 0.25) is 0 Å². The Morgan fingerprint density at radius 3 is 2.87 bits per heavy atom. The van der Waals surface area contributed by atoms with E-state index in [2.05, 4.69) is 4.98 Å². The Morgan fingerprint density at radius 1 is 1.20 bits per heavy atom. The molecule has 1 heterocycles. The highest BCUT2D eigenvalue weighted by Crippen LogP contribution is 2.17. The molecular formula is C12H8ClNO. The number of carbonyl (C=O) groups excluding carboxylic acids is 1. The maximum absolute atomic E-state index is 10.2. The Balaban J connectivity index is 2.52. The molecule has 0 aliphatic rings. The van der Waals surface area contributed by atoms with E-state index in [4.69, 9.17) is 11.6 Å². The molecule has 1 aromatic heterocycles. The van der Waals surface area contributed by atoms with Crippen molar-refractivity contribution in [1.82, 2.24) is 4.98 Å². The Bertz CT molecular complexity index is 534. The molecule has 1 aromatic carbocycles. The number of nitrogens with zero attached hydrogens (tertiary/aromatic N) is 1. The first kappa shape index (κ1) is 9.87. The van der Waals surface area contributed by atoms with Gasteiger partial charge in [-0.05, 0) is 35.9 Å². The van der Waals surface area contributed by atoms with Crippen LogP contribution in [0.4, 0.5) is 0 Å². The topological polar surface area (TPSA) is 30.0 Å². The van der Waals surface area contributed by atoms with E-state index in [-0.39, 0.29) is 0 Å². The van der Waals surface area contributed by atoms with Crippen molar-refractivity contribution in [2.24, 2.45) is 0 Å². The van der Waals surface area contributed by atoms with Gasteiger partial charge < -0.3 is 0 Å². The van der Waals surface area contributed by atoms with Crippen molar-refractivity contribution in [1.29, 1.82) is 0 Å². The molecule has 0 fully saturated rings. The van der Waals surface area contributed by atoms with Gasteiger partial charge in [-0.3, -0.25) is 4.79 Å².